The van der Waals surface area contributed by atoms with Gasteiger partial charge in [0.2, 0.25) is 0 Å². The fraction of sp³-hybridized carbons (Fsp3) is 1.00. The van der Waals surface area contributed by atoms with Gasteiger partial charge in [0.15, 0.2) is 0 Å². The van der Waals surface area contributed by atoms with Crippen LogP contribution in [0.4, 0.5) is 0 Å². The van der Waals surface area contributed by atoms with Crippen molar-refractivity contribution in [2.45, 2.75) is 77.9 Å². The number of likely N-dealkylation sites (N-methyl/N-ethyl adjacent to an activating group) is 1. The maximum Gasteiger partial charge on any atom is 0.0169 e. The fourth-order valence-corrected chi connectivity index (χ4v) is 3.20. The minimum Gasteiger partial charge on any atom is -0.314 e. The average molecular weight is 269 g/mol. The van der Waals surface area contributed by atoms with Crippen LogP contribution in [0.25, 0.3) is 0 Å². The van der Waals surface area contributed by atoms with Gasteiger partial charge in [-0.25, -0.2) is 0 Å². The number of hydrogen-bond acceptors (Lipinski definition) is 3. The molecule has 0 amide bonds. The molecule has 0 aromatic rings. The van der Waals surface area contributed by atoms with Gasteiger partial charge >= 0.3 is 0 Å². The van der Waals surface area contributed by atoms with Crippen LogP contribution in [0, 0.1) is 0 Å². The highest BCUT2D eigenvalue weighted by atomic mass is 15.1. The molecule has 3 unspecified atom stereocenters. The van der Waals surface area contributed by atoms with E-state index in [1.807, 2.05) is 0 Å². The van der Waals surface area contributed by atoms with Crippen molar-refractivity contribution in [3.05, 3.63) is 0 Å². The van der Waals surface area contributed by atoms with Gasteiger partial charge in [-0.1, -0.05) is 26.7 Å². The molecular formula is C16H35N3. The summed E-state index contributed by atoms with van der Waals surface area (Å²) in [5.41, 5.74) is 0. The van der Waals surface area contributed by atoms with E-state index in [2.05, 4.69) is 43.2 Å². The first-order valence-corrected chi connectivity index (χ1v) is 8.37. The monoisotopic (exact) mass is 269 g/mol. The second-order valence-corrected chi connectivity index (χ2v) is 6.19. The second kappa shape index (κ2) is 9.73. The van der Waals surface area contributed by atoms with E-state index in [1.165, 1.54) is 38.6 Å². The molecule has 3 heteroatoms. The Bertz CT molecular complexity index is 208. The number of nitrogens with zero attached hydrogens (tertiary/aromatic N) is 1. The molecule has 0 aliphatic carbocycles. The van der Waals surface area contributed by atoms with Gasteiger partial charge < -0.3 is 15.5 Å². The van der Waals surface area contributed by atoms with E-state index in [0.29, 0.717) is 12.1 Å². The smallest absolute Gasteiger partial charge is 0.0169 e. The zero-order valence-electron chi connectivity index (χ0n) is 13.5. The Kier molecular flexibility index (Phi) is 8.67. The van der Waals surface area contributed by atoms with Crippen LogP contribution in [-0.2, 0) is 0 Å². The average Bonchev–Trinajstić information content (AvgIpc) is 2.64. The second-order valence-electron chi connectivity index (χ2n) is 6.19. The third-order valence-corrected chi connectivity index (χ3v) is 4.30. The van der Waals surface area contributed by atoms with E-state index in [4.69, 9.17) is 0 Å². The van der Waals surface area contributed by atoms with Gasteiger partial charge in [-0.15, -0.1) is 0 Å². The third-order valence-electron chi connectivity index (χ3n) is 4.30. The molecule has 1 aliphatic heterocycles. The molecule has 1 heterocycles. The summed E-state index contributed by atoms with van der Waals surface area (Å²) >= 11 is 0. The predicted octanol–water partition coefficient (Wildman–Crippen LogP) is 2.62. The fourth-order valence-electron chi connectivity index (χ4n) is 3.20. The van der Waals surface area contributed by atoms with Crippen molar-refractivity contribution in [2.24, 2.45) is 0 Å². The highest BCUT2D eigenvalue weighted by molar-refractivity contribution is 4.78. The van der Waals surface area contributed by atoms with E-state index >= 15 is 0 Å². The van der Waals surface area contributed by atoms with Gasteiger partial charge in [0, 0.05) is 24.7 Å². The van der Waals surface area contributed by atoms with Gasteiger partial charge in [0.05, 0.1) is 0 Å². The zero-order chi connectivity index (χ0) is 14.1. The molecule has 2 N–H and O–H groups in total. The molecule has 1 rings (SSSR count). The van der Waals surface area contributed by atoms with Gasteiger partial charge in [-0.2, -0.15) is 0 Å². The largest absolute Gasteiger partial charge is 0.314 e. The molecule has 0 bridgehead atoms. The lowest BCUT2D eigenvalue weighted by molar-refractivity contribution is 0.257. The van der Waals surface area contributed by atoms with Gasteiger partial charge in [-0.05, 0) is 52.7 Å². The highest BCUT2D eigenvalue weighted by Gasteiger charge is 2.16. The summed E-state index contributed by atoms with van der Waals surface area (Å²) in [6.07, 6.45) is 6.79. The molecule has 0 saturated carbocycles. The molecule has 0 aromatic carbocycles. The van der Waals surface area contributed by atoms with Crippen LogP contribution in [0.3, 0.4) is 0 Å². The van der Waals surface area contributed by atoms with Crippen molar-refractivity contribution >= 4 is 0 Å². The zero-order valence-corrected chi connectivity index (χ0v) is 13.5. The van der Waals surface area contributed by atoms with E-state index in [1.54, 1.807) is 0 Å². The lowest BCUT2D eigenvalue weighted by Gasteiger charge is -2.28. The first kappa shape index (κ1) is 16.9. The van der Waals surface area contributed by atoms with Crippen molar-refractivity contribution in [3.63, 3.8) is 0 Å². The molecule has 1 saturated heterocycles. The summed E-state index contributed by atoms with van der Waals surface area (Å²) < 4.78 is 0. The normalized spacial score (nSPS) is 24.2. The molecule has 0 spiro atoms. The molecule has 3 nitrogen and oxygen atoms in total. The van der Waals surface area contributed by atoms with E-state index in [9.17, 15) is 0 Å². The van der Waals surface area contributed by atoms with Crippen molar-refractivity contribution in [1.29, 1.82) is 0 Å². The summed E-state index contributed by atoms with van der Waals surface area (Å²) in [7, 11) is 0. The minimum atomic E-state index is 0.584. The maximum atomic E-state index is 3.76. The molecule has 1 aliphatic rings. The molecule has 114 valence electrons. The highest BCUT2D eigenvalue weighted by Crippen LogP contribution is 2.12. The Morgan fingerprint density at radius 2 is 1.84 bits per heavy atom. The van der Waals surface area contributed by atoms with Gasteiger partial charge in [0.1, 0.15) is 0 Å². The summed E-state index contributed by atoms with van der Waals surface area (Å²) in [4.78, 5) is 2.49. The summed E-state index contributed by atoms with van der Waals surface area (Å²) in [5.74, 6) is 0. The van der Waals surface area contributed by atoms with Crippen LogP contribution in [0.15, 0.2) is 0 Å². The van der Waals surface area contributed by atoms with Crippen molar-refractivity contribution in [3.8, 4) is 0 Å². The number of hydrogen-bond donors (Lipinski definition) is 2. The Morgan fingerprint density at radius 3 is 2.53 bits per heavy atom. The van der Waals surface area contributed by atoms with Gasteiger partial charge in [-0.3, -0.25) is 0 Å². The number of nitrogens with one attached hydrogen (secondary N) is 2. The molecule has 19 heavy (non-hydrogen) atoms. The van der Waals surface area contributed by atoms with E-state index in [0.717, 1.165) is 25.7 Å². The Morgan fingerprint density at radius 1 is 1.11 bits per heavy atom. The first-order chi connectivity index (χ1) is 9.15. The molecule has 0 radical (unpaired) electrons. The Balaban J connectivity index is 2.23. The minimum absolute atomic E-state index is 0.584. The lowest BCUT2D eigenvalue weighted by atomic mass is 10.0. The van der Waals surface area contributed by atoms with Crippen LogP contribution < -0.4 is 10.6 Å². The van der Waals surface area contributed by atoms with E-state index < -0.39 is 0 Å². The van der Waals surface area contributed by atoms with Crippen LogP contribution in [0.1, 0.15) is 59.8 Å². The molecule has 0 aromatic heterocycles. The van der Waals surface area contributed by atoms with Crippen molar-refractivity contribution in [1.82, 2.24) is 15.5 Å². The van der Waals surface area contributed by atoms with Crippen molar-refractivity contribution in [2.75, 3.05) is 26.2 Å². The van der Waals surface area contributed by atoms with Crippen LogP contribution in [0.5, 0.6) is 0 Å². The topological polar surface area (TPSA) is 27.3 Å². The number of rotatable bonds is 8. The standard InChI is InChI=1S/C16H35N3/c1-5-19(6-2)13-15(4)18-14(3)12-16-10-8-7-9-11-17-16/h14-18H,5-13H2,1-4H3. The van der Waals surface area contributed by atoms with Crippen LogP contribution in [0.2, 0.25) is 0 Å². The van der Waals surface area contributed by atoms with E-state index in [-0.39, 0.29) is 0 Å². The summed E-state index contributed by atoms with van der Waals surface area (Å²) in [5, 5.41) is 7.46. The Labute approximate surface area is 120 Å². The quantitative estimate of drug-likeness (QED) is 0.709. The first-order valence-electron chi connectivity index (χ1n) is 8.37. The van der Waals surface area contributed by atoms with Gasteiger partial charge in [0.25, 0.3) is 0 Å². The SMILES string of the molecule is CCN(CC)CC(C)NC(C)CC1CCCCCN1. The molecular weight excluding hydrogens is 234 g/mol. The lowest BCUT2D eigenvalue weighted by Crippen LogP contribution is -2.45. The van der Waals surface area contributed by atoms with Crippen LogP contribution >= 0.6 is 0 Å². The third kappa shape index (κ3) is 7.28. The molecule has 1 fully saturated rings. The maximum absolute atomic E-state index is 3.76. The summed E-state index contributed by atoms with van der Waals surface area (Å²) in [6, 6.07) is 1.92. The molecule has 3 atom stereocenters. The van der Waals surface area contributed by atoms with Crippen LogP contribution in [-0.4, -0.2) is 49.2 Å². The predicted molar refractivity (Wildman–Crippen MR) is 84.7 cm³/mol. The van der Waals surface area contributed by atoms with Crippen molar-refractivity contribution < 1.29 is 0 Å². The summed E-state index contributed by atoms with van der Waals surface area (Å²) in [6.45, 7) is 13.8. The Hall–Kier alpha value is -0.120.